The molecule has 0 amide bonds. The summed E-state index contributed by atoms with van der Waals surface area (Å²) in [5.74, 6) is -0.410. The Kier molecular flexibility index (Phi) is 2.17. The summed E-state index contributed by atoms with van der Waals surface area (Å²) >= 11 is 5.53. The van der Waals surface area contributed by atoms with Crippen molar-refractivity contribution in [3.8, 4) is 0 Å². The standard InChI is InChI=1S/C8H12ClFN2/c1-8(2,3)6-5(10)7(9)11-12(6)4/h1-4H3. The minimum Gasteiger partial charge on any atom is -0.268 e. The molecule has 0 fully saturated rings. The van der Waals surface area contributed by atoms with Gasteiger partial charge in [0.1, 0.15) is 0 Å². The summed E-state index contributed by atoms with van der Waals surface area (Å²) in [7, 11) is 1.69. The second kappa shape index (κ2) is 2.73. The first-order valence-electron chi connectivity index (χ1n) is 3.72. The van der Waals surface area contributed by atoms with Gasteiger partial charge in [-0.25, -0.2) is 4.39 Å². The van der Waals surface area contributed by atoms with Gasteiger partial charge in [0.25, 0.3) is 0 Å². The Labute approximate surface area is 76.3 Å². The minimum absolute atomic E-state index is 0.0533. The molecule has 0 saturated heterocycles. The van der Waals surface area contributed by atoms with E-state index in [9.17, 15) is 4.39 Å². The number of halogens is 2. The minimum atomic E-state index is -0.410. The Morgan fingerprint density at radius 3 is 2.08 bits per heavy atom. The third-order valence-corrected chi connectivity index (χ3v) is 1.90. The van der Waals surface area contributed by atoms with E-state index in [1.807, 2.05) is 20.8 Å². The van der Waals surface area contributed by atoms with Crippen LogP contribution in [-0.2, 0) is 12.5 Å². The van der Waals surface area contributed by atoms with Crippen LogP contribution in [0.25, 0.3) is 0 Å². The number of nitrogens with zero attached hydrogens (tertiary/aromatic N) is 2. The highest BCUT2D eigenvalue weighted by atomic mass is 35.5. The maximum absolute atomic E-state index is 13.3. The van der Waals surface area contributed by atoms with E-state index in [4.69, 9.17) is 11.6 Å². The van der Waals surface area contributed by atoms with Gasteiger partial charge in [-0.1, -0.05) is 32.4 Å². The van der Waals surface area contributed by atoms with Crippen molar-refractivity contribution in [2.45, 2.75) is 26.2 Å². The smallest absolute Gasteiger partial charge is 0.187 e. The molecule has 0 aliphatic carbocycles. The molecule has 0 aliphatic rings. The second-order valence-electron chi connectivity index (χ2n) is 3.83. The van der Waals surface area contributed by atoms with Crippen molar-refractivity contribution in [2.24, 2.45) is 7.05 Å². The Balaban J connectivity index is 3.32. The maximum Gasteiger partial charge on any atom is 0.187 e. The molecule has 0 atom stereocenters. The summed E-state index contributed by atoms with van der Waals surface area (Å²) in [5.41, 5.74) is 0.270. The van der Waals surface area contributed by atoms with Gasteiger partial charge >= 0.3 is 0 Å². The van der Waals surface area contributed by atoms with Crippen molar-refractivity contribution in [3.05, 3.63) is 16.7 Å². The van der Waals surface area contributed by atoms with Crippen molar-refractivity contribution in [2.75, 3.05) is 0 Å². The Hall–Kier alpha value is -0.570. The number of rotatable bonds is 0. The Morgan fingerprint density at radius 2 is 1.92 bits per heavy atom. The van der Waals surface area contributed by atoms with Crippen LogP contribution in [0.2, 0.25) is 5.15 Å². The summed E-state index contributed by atoms with van der Waals surface area (Å²) in [4.78, 5) is 0. The molecule has 0 N–H and O–H groups in total. The largest absolute Gasteiger partial charge is 0.268 e. The second-order valence-corrected chi connectivity index (χ2v) is 4.19. The average Bonchev–Trinajstić information content (AvgIpc) is 2.05. The van der Waals surface area contributed by atoms with Crippen molar-refractivity contribution < 1.29 is 4.39 Å². The first-order chi connectivity index (χ1) is 5.34. The van der Waals surface area contributed by atoms with E-state index in [-0.39, 0.29) is 10.6 Å². The summed E-state index contributed by atoms with van der Waals surface area (Å²) in [6.07, 6.45) is 0. The molecular formula is C8H12ClFN2. The summed E-state index contributed by atoms with van der Waals surface area (Å²) in [6, 6.07) is 0. The number of hydrogen-bond acceptors (Lipinski definition) is 1. The molecule has 0 saturated carbocycles. The molecule has 68 valence electrons. The molecule has 1 heterocycles. The molecule has 1 aromatic rings. The molecule has 2 nitrogen and oxygen atoms in total. The molecule has 0 unspecified atom stereocenters. The van der Waals surface area contributed by atoms with Gasteiger partial charge in [-0.15, -0.1) is 0 Å². The third-order valence-electron chi connectivity index (χ3n) is 1.66. The van der Waals surface area contributed by atoms with Crippen LogP contribution >= 0.6 is 11.6 Å². The zero-order valence-electron chi connectivity index (χ0n) is 7.65. The number of hydrogen-bond donors (Lipinski definition) is 0. The fourth-order valence-corrected chi connectivity index (χ4v) is 1.48. The number of aryl methyl sites for hydroxylation is 1. The predicted octanol–water partition coefficient (Wildman–Crippen LogP) is 2.51. The first kappa shape index (κ1) is 9.52. The zero-order chi connectivity index (χ0) is 9.52. The predicted molar refractivity (Wildman–Crippen MR) is 46.9 cm³/mol. The zero-order valence-corrected chi connectivity index (χ0v) is 8.41. The van der Waals surface area contributed by atoms with Crippen molar-refractivity contribution in [1.29, 1.82) is 0 Å². The lowest BCUT2D eigenvalue weighted by molar-refractivity contribution is 0.482. The molecule has 0 radical (unpaired) electrons. The van der Waals surface area contributed by atoms with E-state index < -0.39 is 5.82 Å². The van der Waals surface area contributed by atoms with Crippen LogP contribution in [0.3, 0.4) is 0 Å². The first-order valence-corrected chi connectivity index (χ1v) is 4.10. The van der Waals surface area contributed by atoms with Crippen molar-refractivity contribution in [1.82, 2.24) is 9.78 Å². The Bertz CT molecular complexity index is 299. The van der Waals surface area contributed by atoms with E-state index in [1.54, 1.807) is 7.05 Å². The van der Waals surface area contributed by atoms with E-state index in [1.165, 1.54) is 4.68 Å². The van der Waals surface area contributed by atoms with E-state index in [0.717, 1.165) is 0 Å². The lowest BCUT2D eigenvalue weighted by Crippen LogP contribution is -2.18. The van der Waals surface area contributed by atoms with Crippen LogP contribution in [0.15, 0.2) is 0 Å². The fraction of sp³-hybridized carbons (Fsp3) is 0.625. The summed E-state index contributed by atoms with van der Waals surface area (Å²) < 4.78 is 14.8. The molecule has 12 heavy (non-hydrogen) atoms. The van der Waals surface area contributed by atoms with Gasteiger partial charge in [0, 0.05) is 12.5 Å². The van der Waals surface area contributed by atoms with E-state index in [0.29, 0.717) is 5.69 Å². The van der Waals surface area contributed by atoms with Gasteiger partial charge in [0.15, 0.2) is 11.0 Å². The summed E-state index contributed by atoms with van der Waals surface area (Å²) in [6.45, 7) is 5.76. The highest BCUT2D eigenvalue weighted by molar-refractivity contribution is 6.29. The highest BCUT2D eigenvalue weighted by Gasteiger charge is 2.25. The molecule has 0 spiro atoms. The monoisotopic (exact) mass is 190 g/mol. The van der Waals surface area contributed by atoms with Crippen LogP contribution in [0, 0.1) is 5.82 Å². The molecule has 1 rings (SSSR count). The van der Waals surface area contributed by atoms with Crippen LogP contribution in [0.1, 0.15) is 26.5 Å². The van der Waals surface area contributed by atoms with E-state index >= 15 is 0 Å². The van der Waals surface area contributed by atoms with Crippen LogP contribution in [0.4, 0.5) is 4.39 Å². The molecule has 0 aromatic carbocycles. The van der Waals surface area contributed by atoms with Gasteiger partial charge in [-0.05, 0) is 0 Å². The lowest BCUT2D eigenvalue weighted by Gasteiger charge is -2.18. The fourth-order valence-electron chi connectivity index (χ4n) is 1.28. The van der Waals surface area contributed by atoms with Crippen LogP contribution in [0.5, 0.6) is 0 Å². The normalized spacial score (nSPS) is 12.2. The summed E-state index contributed by atoms with van der Waals surface area (Å²) in [5, 5.41) is 3.73. The maximum atomic E-state index is 13.3. The average molecular weight is 191 g/mol. The quantitative estimate of drug-likeness (QED) is 0.615. The van der Waals surface area contributed by atoms with Gasteiger partial charge in [0.05, 0.1) is 5.69 Å². The Morgan fingerprint density at radius 1 is 1.42 bits per heavy atom. The molecule has 0 bridgehead atoms. The van der Waals surface area contributed by atoms with Gasteiger partial charge in [0.2, 0.25) is 0 Å². The lowest BCUT2D eigenvalue weighted by atomic mass is 9.92. The molecule has 4 heteroatoms. The highest BCUT2D eigenvalue weighted by Crippen LogP contribution is 2.27. The van der Waals surface area contributed by atoms with Crippen molar-refractivity contribution >= 4 is 11.6 Å². The van der Waals surface area contributed by atoms with Crippen LogP contribution in [-0.4, -0.2) is 9.78 Å². The molecular weight excluding hydrogens is 179 g/mol. The topological polar surface area (TPSA) is 17.8 Å². The van der Waals surface area contributed by atoms with Gasteiger partial charge in [-0.3, -0.25) is 4.68 Å². The van der Waals surface area contributed by atoms with Gasteiger partial charge in [-0.2, -0.15) is 5.10 Å². The van der Waals surface area contributed by atoms with Crippen LogP contribution < -0.4 is 0 Å². The molecule has 1 aromatic heterocycles. The van der Waals surface area contributed by atoms with Gasteiger partial charge < -0.3 is 0 Å². The van der Waals surface area contributed by atoms with Crippen molar-refractivity contribution in [3.63, 3.8) is 0 Å². The third kappa shape index (κ3) is 1.46. The van der Waals surface area contributed by atoms with E-state index in [2.05, 4.69) is 5.10 Å². The number of aromatic nitrogens is 2. The SMILES string of the molecule is Cn1nc(Cl)c(F)c1C(C)(C)C. The molecule has 0 aliphatic heterocycles.